The number of piperidine rings is 1. The quantitative estimate of drug-likeness (QED) is 0.706. The molecule has 0 aromatic rings. The molecular formula is C10H25NO3Si2. The van der Waals surface area contributed by atoms with Crippen LogP contribution in [-0.2, 0) is 13.4 Å². The summed E-state index contributed by atoms with van der Waals surface area (Å²) in [4.78, 5) is 0. The highest BCUT2D eigenvalue weighted by Crippen LogP contribution is 2.22. The van der Waals surface area contributed by atoms with Gasteiger partial charge in [-0.05, 0) is 32.5 Å². The molecule has 0 N–H and O–H groups in total. The molecule has 4 nitrogen and oxygen atoms in total. The number of rotatable bonds is 5. The summed E-state index contributed by atoms with van der Waals surface area (Å²) in [5.41, 5.74) is 0.371. The van der Waals surface area contributed by atoms with E-state index in [1.165, 1.54) is 12.8 Å². The fourth-order valence-corrected chi connectivity index (χ4v) is 4.94. The molecule has 0 aliphatic carbocycles. The molecular weight excluding hydrogens is 238 g/mol. The Bertz CT molecular complexity index is 207. The number of hydroxylamine groups is 2. The molecule has 1 fully saturated rings. The molecule has 1 saturated heterocycles. The van der Waals surface area contributed by atoms with Gasteiger partial charge in [-0.15, -0.1) is 0 Å². The third-order valence-electron chi connectivity index (χ3n) is 2.67. The van der Waals surface area contributed by atoms with Crippen molar-refractivity contribution in [2.45, 2.75) is 44.6 Å². The number of hydrogen-bond acceptors (Lipinski definition) is 4. The lowest BCUT2D eigenvalue weighted by molar-refractivity contribution is -0.106. The molecule has 1 aliphatic heterocycles. The van der Waals surface area contributed by atoms with Crippen LogP contribution in [0.5, 0.6) is 0 Å². The van der Waals surface area contributed by atoms with Crippen molar-refractivity contribution < 1.29 is 13.4 Å². The number of hydrogen-bond donors (Lipinski definition) is 0. The Labute approximate surface area is 102 Å². The van der Waals surface area contributed by atoms with Gasteiger partial charge in [0.15, 0.2) is 0 Å². The standard InChI is InChI=1S/C10H25NO3Si2/c1-12-15(13-2)10-8-6-7-9-11(10)14-16(3,4)5/h10,15H,6-9H2,1-5H3. The predicted octanol–water partition coefficient (Wildman–Crippen LogP) is 1.66. The van der Waals surface area contributed by atoms with Crippen molar-refractivity contribution in [1.29, 1.82) is 0 Å². The van der Waals surface area contributed by atoms with E-state index in [1.54, 1.807) is 14.2 Å². The Kier molecular flexibility index (Phi) is 5.62. The number of nitrogens with zero attached hydrogens (tertiary/aromatic N) is 1. The second-order valence-electron chi connectivity index (χ2n) is 5.25. The lowest BCUT2D eigenvalue weighted by Crippen LogP contribution is -2.54. The van der Waals surface area contributed by atoms with Gasteiger partial charge in [-0.2, -0.15) is 5.06 Å². The van der Waals surface area contributed by atoms with Gasteiger partial charge in [-0.1, -0.05) is 6.42 Å². The van der Waals surface area contributed by atoms with Crippen molar-refractivity contribution in [1.82, 2.24) is 5.06 Å². The predicted molar refractivity (Wildman–Crippen MR) is 69.9 cm³/mol. The van der Waals surface area contributed by atoms with Crippen LogP contribution in [0.25, 0.3) is 0 Å². The third-order valence-corrected chi connectivity index (χ3v) is 5.67. The summed E-state index contributed by atoms with van der Waals surface area (Å²) in [5.74, 6) is 0. The van der Waals surface area contributed by atoms with Crippen molar-refractivity contribution in [3.63, 3.8) is 0 Å². The fraction of sp³-hybridized carbons (Fsp3) is 1.00. The minimum Gasteiger partial charge on any atom is -0.399 e. The van der Waals surface area contributed by atoms with E-state index in [9.17, 15) is 0 Å². The van der Waals surface area contributed by atoms with E-state index in [4.69, 9.17) is 13.4 Å². The van der Waals surface area contributed by atoms with Gasteiger partial charge in [-0.25, -0.2) is 0 Å². The van der Waals surface area contributed by atoms with Crippen molar-refractivity contribution in [3.8, 4) is 0 Å². The van der Waals surface area contributed by atoms with Gasteiger partial charge in [0.2, 0.25) is 8.32 Å². The normalized spacial score (nSPS) is 24.0. The van der Waals surface area contributed by atoms with Crippen LogP contribution in [0, 0.1) is 0 Å². The zero-order valence-corrected chi connectivity index (χ0v) is 13.3. The lowest BCUT2D eigenvalue weighted by Gasteiger charge is -2.40. The van der Waals surface area contributed by atoms with Crippen molar-refractivity contribution in [3.05, 3.63) is 0 Å². The topological polar surface area (TPSA) is 30.9 Å². The van der Waals surface area contributed by atoms with Crippen LogP contribution in [0.2, 0.25) is 19.6 Å². The lowest BCUT2D eigenvalue weighted by atomic mass is 10.2. The van der Waals surface area contributed by atoms with Gasteiger partial charge in [-0.3, -0.25) is 0 Å². The third kappa shape index (κ3) is 4.27. The fourth-order valence-electron chi connectivity index (χ4n) is 2.08. The molecule has 6 heteroatoms. The van der Waals surface area contributed by atoms with Gasteiger partial charge >= 0.3 is 9.28 Å². The van der Waals surface area contributed by atoms with Crippen LogP contribution in [0.15, 0.2) is 0 Å². The van der Waals surface area contributed by atoms with E-state index < -0.39 is 17.6 Å². The van der Waals surface area contributed by atoms with E-state index in [0.29, 0.717) is 5.67 Å². The zero-order valence-electron chi connectivity index (χ0n) is 11.2. The van der Waals surface area contributed by atoms with Crippen LogP contribution in [0.1, 0.15) is 19.3 Å². The summed E-state index contributed by atoms with van der Waals surface area (Å²) >= 11 is 0. The molecule has 0 bridgehead atoms. The van der Waals surface area contributed by atoms with Crippen LogP contribution >= 0.6 is 0 Å². The first-order valence-electron chi connectivity index (χ1n) is 5.99. The average Bonchev–Trinajstić information content (AvgIpc) is 2.20. The first-order chi connectivity index (χ1) is 7.48. The highest BCUT2D eigenvalue weighted by atomic mass is 28.4. The molecule has 0 aromatic heterocycles. The first kappa shape index (κ1) is 14.3. The van der Waals surface area contributed by atoms with E-state index >= 15 is 0 Å². The Morgan fingerprint density at radius 1 is 1.12 bits per heavy atom. The molecule has 1 aliphatic rings. The largest absolute Gasteiger partial charge is 0.399 e. The molecule has 0 aromatic carbocycles. The minimum absolute atomic E-state index is 0.371. The zero-order chi connectivity index (χ0) is 12.2. The molecule has 1 unspecified atom stereocenters. The van der Waals surface area contributed by atoms with Crippen molar-refractivity contribution in [2.24, 2.45) is 0 Å². The molecule has 0 amide bonds. The summed E-state index contributed by atoms with van der Waals surface area (Å²) in [6, 6.07) is 0. The molecule has 96 valence electrons. The Balaban J connectivity index is 2.63. The summed E-state index contributed by atoms with van der Waals surface area (Å²) in [6.45, 7) is 7.67. The Morgan fingerprint density at radius 2 is 1.75 bits per heavy atom. The van der Waals surface area contributed by atoms with Gasteiger partial charge < -0.3 is 13.4 Å². The van der Waals surface area contributed by atoms with E-state index in [0.717, 1.165) is 13.0 Å². The van der Waals surface area contributed by atoms with Crippen LogP contribution in [-0.4, -0.2) is 49.1 Å². The second kappa shape index (κ2) is 6.27. The van der Waals surface area contributed by atoms with Gasteiger partial charge in [0.1, 0.15) is 0 Å². The maximum Gasteiger partial charge on any atom is 0.341 e. The average molecular weight is 263 g/mol. The molecule has 0 radical (unpaired) electrons. The van der Waals surface area contributed by atoms with Gasteiger partial charge in [0, 0.05) is 20.8 Å². The highest BCUT2D eigenvalue weighted by Gasteiger charge is 2.35. The minimum atomic E-state index is -1.60. The van der Waals surface area contributed by atoms with E-state index in [-0.39, 0.29) is 0 Å². The molecule has 1 heterocycles. The Morgan fingerprint density at radius 3 is 2.25 bits per heavy atom. The maximum atomic E-state index is 6.12. The Hall–Kier alpha value is 0.274. The molecule has 16 heavy (non-hydrogen) atoms. The molecule has 0 saturated carbocycles. The summed E-state index contributed by atoms with van der Waals surface area (Å²) < 4.78 is 17.1. The first-order valence-corrected chi connectivity index (χ1v) is 11.0. The van der Waals surface area contributed by atoms with E-state index in [2.05, 4.69) is 24.7 Å². The van der Waals surface area contributed by atoms with E-state index in [1.807, 2.05) is 0 Å². The SMILES string of the molecule is CO[SiH](OC)C1CCCCN1O[Si](C)(C)C. The second-order valence-corrected chi connectivity index (χ2v) is 12.1. The smallest absolute Gasteiger partial charge is 0.341 e. The monoisotopic (exact) mass is 263 g/mol. The van der Waals surface area contributed by atoms with Gasteiger partial charge in [0.25, 0.3) is 0 Å². The summed E-state index contributed by atoms with van der Waals surface area (Å²) in [6.07, 6.45) is 3.62. The van der Waals surface area contributed by atoms with Crippen molar-refractivity contribution >= 4 is 17.6 Å². The summed E-state index contributed by atoms with van der Waals surface area (Å²) in [7, 11) is 0.385. The molecule has 0 spiro atoms. The van der Waals surface area contributed by atoms with Crippen LogP contribution < -0.4 is 0 Å². The van der Waals surface area contributed by atoms with Gasteiger partial charge in [0.05, 0.1) is 5.67 Å². The highest BCUT2D eigenvalue weighted by molar-refractivity contribution is 6.69. The molecule has 1 rings (SSSR count). The summed E-state index contributed by atoms with van der Waals surface area (Å²) in [5, 5.41) is 2.15. The van der Waals surface area contributed by atoms with Crippen LogP contribution in [0.3, 0.4) is 0 Å². The maximum absolute atomic E-state index is 6.12. The van der Waals surface area contributed by atoms with Crippen LogP contribution in [0.4, 0.5) is 0 Å². The molecule has 1 atom stereocenters. The van der Waals surface area contributed by atoms with Crippen molar-refractivity contribution in [2.75, 3.05) is 20.8 Å².